The lowest BCUT2D eigenvalue weighted by atomic mass is 10.1. The lowest BCUT2D eigenvalue weighted by Crippen LogP contribution is -2.35. The third-order valence-electron chi connectivity index (χ3n) is 2.63. The molecule has 0 radical (unpaired) electrons. The monoisotopic (exact) mass is 236 g/mol. The highest BCUT2D eigenvalue weighted by atomic mass is 32.1. The molecule has 88 valence electrons. The summed E-state index contributed by atoms with van der Waals surface area (Å²) < 4.78 is 0. The standard InChI is InChI=1S/C13H20N2S/c1-4-6-11(5-2)15-12(9-14)13-10(3)7-8-16-13/h2,7-8,11-12,15H,4,6,9,14H2,1,3H3. The van der Waals surface area contributed by atoms with E-state index in [1.54, 1.807) is 11.3 Å². The number of nitrogens with one attached hydrogen (secondary N) is 1. The maximum Gasteiger partial charge on any atom is 0.0692 e. The third kappa shape index (κ3) is 3.34. The molecule has 0 aromatic carbocycles. The molecule has 2 nitrogen and oxygen atoms in total. The lowest BCUT2D eigenvalue weighted by molar-refractivity contribution is 0.479. The molecular weight excluding hydrogens is 216 g/mol. The van der Waals surface area contributed by atoms with E-state index in [1.807, 2.05) is 0 Å². The van der Waals surface area contributed by atoms with E-state index < -0.39 is 0 Å². The number of terminal acetylenes is 1. The minimum absolute atomic E-state index is 0.125. The molecule has 0 aliphatic heterocycles. The van der Waals surface area contributed by atoms with Crippen LogP contribution in [0.15, 0.2) is 11.4 Å². The zero-order valence-corrected chi connectivity index (χ0v) is 10.8. The topological polar surface area (TPSA) is 38.0 Å². The van der Waals surface area contributed by atoms with Crippen LogP contribution in [0.5, 0.6) is 0 Å². The van der Waals surface area contributed by atoms with Crippen molar-refractivity contribution in [1.82, 2.24) is 5.32 Å². The van der Waals surface area contributed by atoms with Crippen LogP contribution in [-0.2, 0) is 0 Å². The molecule has 0 amide bonds. The highest BCUT2D eigenvalue weighted by Crippen LogP contribution is 2.23. The zero-order chi connectivity index (χ0) is 12.0. The number of aryl methyl sites for hydroxylation is 1. The van der Waals surface area contributed by atoms with Gasteiger partial charge in [0.1, 0.15) is 0 Å². The molecule has 2 unspecified atom stereocenters. The van der Waals surface area contributed by atoms with Gasteiger partial charge in [-0.1, -0.05) is 19.3 Å². The molecule has 0 saturated carbocycles. The van der Waals surface area contributed by atoms with Crippen LogP contribution in [0.25, 0.3) is 0 Å². The van der Waals surface area contributed by atoms with Crippen molar-refractivity contribution in [2.24, 2.45) is 5.73 Å². The molecule has 3 heteroatoms. The molecular formula is C13H20N2S. The Morgan fingerprint density at radius 3 is 2.81 bits per heavy atom. The normalized spacial score (nSPS) is 14.4. The van der Waals surface area contributed by atoms with Crippen LogP contribution >= 0.6 is 11.3 Å². The maximum absolute atomic E-state index is 5.81. The van der Waals surface area contributed by atoms with E-state index in [4.69, 9.17) is 12.2 Å². The van der Waals surface area contributed by atoms with Crippen molar-refractivity contribution >= 4 is 11.3 Å². The lowest BCUT2D eigenvalue weighted by Gasteiger charge is -2.21. The van der Waals surface area contributed by atoms with Crippen LogP contribution in [-0.4, -0.2) is 12.6 Å². The van der Waals surface area contributed by atoms with E-state index in [1.165, 1.54) is 10.4 Å². The van der Waals surface area contributed by atoms with Crippen LogP contribution in [0.4, 0.5) is 0 Å². The van der Waals surface area contributed by atoms with Gasteiger partial charge in [-0.25, -0.2) is 0 Å². The fourth-order valence-corrected chi connectivity index (χ4v) is 2.74. The highest BCUT2D eigenvalue weighted by Gasteiger charge is 2.16. The first-order valence-electron chi connectivity index (χ1n) is 5.69. The summed E-state index contributed by atoms with van der Waals surface area (Å²) in [5.74, 6) is 2.79. The molecule has 0 saturated heterocycles. The Labute approximate surface area is 102 Å². The number of thiophene rings is 1. The van der Waals surface area contributed by atoms with Crippen molar-refractivity contribution in [3.8, 4) is 12.3 Å². The highest BCUT2D eigenvalue weighted by molar-refractivity contribution is 7.10. The van der Waals surface area contributed by atoms with Crippen LogP contribution < -0.4 is 11.1 Å². The molecule has 0 aliphatic rings. The minimum atomic E-state index is 0.125. The predicted octanol–water partition coefficient (Wildman–Crippen LogP) is 2.45. The Morgan fingerprint density at radius 1 is 1.62 bits per heavy atom. The van der Waals surface area contributed by atoms with Gasteiger partial charge in [-0.2, -0.15) is 0 Å². The molecule has 0 spiro atoms. The fourth-order valence-electron chi connectivity index (χ4n) is 1.74. The summed E-state index contributed by atoms with van der Waals surface area (Å²) in [4.78, 5) is 1.30. The quantitative estimate of drug-likeness (QED) is 0.745. The van der Waals surface area contributed by atoms with E-state index in [9.17, 15) is 0 Å². The van der Waals surface area contributed by atoms with Gasteiger partial charge in [0.15, 0.2) is 0 Å². The fraction of sp³-hybridized carbons (Fsp3) is 0.538. The largest absolute Gasteiger partial charge is 0.329 e. The van der Waals surface area contributed by atoms with Gasteiger partial charge < -0.3 is 5.73 Å². The maximum atomic E-state index is 5.81. The summed E-state index contributed by atoms with van der Waals surface area (Å²) in [6, 6.07) is 2.43. The number of nitrogens with two attached hydrogens (primary N) is 1. The van der Waals surface area contributed by atoms with Gasteiger partial charge >= 0.3 is 0 Å². The molecule has 16 heavy (non-hydrogen) atoms. The Hall–Kier alpha value is -0.820. The van der Waals surface area contributed by atoms with Gasteiger partial charge in [0.2, 0.25) is 0 Å². The summed E-state index contributed by atoms with van der Waals surface area (Å²) in [7, 11) is 0. The van der Waals surface area contributed by atoms with Crippen molar-refractivity contribution < 1.29 is 0 Å². The Bertz CT molecular complexity index is 351. The summed E-state index contributed by atoms with van der Waals surface area (Å²) in [6.07, 6.45) is 7.59. The molecule has 2 atom stereocenters. The second-order valence-corrected chi connectivity index (χ2v) is 4.88. The average molecular weight is 236 g/mol. The van der Waals surface area contributed by atoms with Gasteiger partial charge in [-0.3, -0.25) is 5.32 Å². The summed E-state index contributed by atoms with van der Waals surface area (Å²) >= 11 is 1.74. The van der Waals surface area contributed by atoms with Crippen molar-refractivity contribution in [3.63, 3.8) is 0 Å². The van der Waals surface area contributed by atoms with Gasteiger partial charge in [-0.05, 0) is 30.4 Å². The molecule has 0 aliphatic carbocycles. The predicted molar refractivity (Wildman–Crippen MR) is 71.5 cm³/mol. The Morgan fingerprint density at radius 2 is 2.38 bits per heavy atom. The molecule has 0 fully saturated rings. The second kappa shape index (κ2) is 6.70. The third-order valence-corrected chi connectivity index (χ3v) is 3.77. The van der Waals surface area contributed by atoms with E-state index in [2.05, 4.69) is 36.5 Å². The molecule has 1 heterocycles. The SMILES string of the molecule is C#CC(CCC)NC(CN)c1sccc1C. The van der Waals surface area contributed by atoms with E-state index >= 15 is 0 Å². The summed E-state index contributed by atoms with van der Waals surface area (Å²) in [6.45, 7) is 4.84. The van der Waals surface area contributed by atoms with Crippen LogP contribution in [0.1, 0.15) is 36.2 Å². The van der Waals surface area contributed by atoms with Crippen molar-refractivity contribution in [3.05, 3.63) is 21.9 Å². The van der Waals surface area contributed by atoms with Crippen molar-refractivity contribution in [2.45, 2.75) is 38.8 Å². The smallest absolute Gasteiger partial charge is 0.0692 e. The summed E-state index contributed by atoms with van der Waals surface area (Å²) in [5.41, 5.74) is 7.10. The van der Waals surface area contributed by atoms with Gasteiger partial charge in [0.25, 0.3) is 0 Å². The first-order chi connectivity index (χ1) is 7.72. The van der Waals surface area contributed by atoms with Gasteiger partial charge in [0.05, 0.1) is 12.1 Å². The molecule has 3 N–H and O–H groups in total. The summed E-state index contributed by atoms with van der Waals surface area (Å²) in [5, 5.41) is 5.54. The minimum Gasteiger partial charge on any atom is -0.329 e. The van der Waals surface area contributed by atoms with E-state index in [0.717, 1.165) is 12.8 Å². The number of hydrogen-bond donors (Lipinski definition) is 2. The Kier molecular flexibility index (Phi) is 5.54. The molecule has 1 rings (SSSR count). The average Bonchev–Trinajstić information content (AvgIpc) is 2.71. The molecule has 0 bridgehead atoms. The molecule has 1 aromatic rings. The Balaban J connectivity index is 2.69. The van der Waals surface area contributed by atoms with E-state index in [0.29, 0.717) is 6.54 Å². The van der Waals surface area contributed by atoms with Gasteiger partial charge in [-0.15, -0.1) is 17.8 Å². The van der Waals surface area contributed by atoms with Crippen LogP contribution in [0.2, 0.25) is 0 Å². The first-order valence-corrected chi connectivity index (χ1v) is 6.57. The first kappa shape index (κ1) is 13.2. The number of rotatable bonds is 6. The van der Waals surface area contributed by atoms with Crippen molar-refractivity contribution in [1.29, 1.82) is 0 Å². The van der Waals surface area contributed by atoms with Crippen molar-refractivity contribution in [2.75, 3.05) is 6.54 Å². The molecule has 1 aromatic heterocycles. The van der Waals surface area contributed by atoms with Crippen LogP contribution in [0.3, 0.4) is 0 Å². The van der Waals surface area contributed by atoms with Gasteiger partial charge in [0, 0.05) is 11.4 Å². The van der Waals surface area contributed by atoms with E-state index in [-0.39, 0.29) is 12.1 Å². The van der Waals surface area contributed by atoms with Crippen LogP contribution in [0, 0.1) is 19.3 Å². The number of hydrogen-bond acceptors (Lipinski definition) is 3. The second-order valence-electron chi connectivity index (χ2n) is 3.93. The zero-order valence-electron chi connectivity index (χ0n) is 9.99.